The fourth-order valence-corrected chi connectivity index (χ4v) is 2.13. The van der Waals surface area contributed by atoms with Crippen molar-refractivity contribution in [2.24, 2.45) is 0 Å². The molecule has 2 rings (SSSR count). The Balaban J connectivity index is 1.67. The van der Waals surface area contributed by atoms with E-state index >= 15 is 0 Å². The fourth-order valence-electron chi connectivity index (χ4n) is 1.93. The summed E-state index contributed by atoms with van der Waals surface area (Å²) in [4.78, 5) is 0. The molecule has 0 fully saturated rings. The zero-order valence-electron chi connectivity index (χ0n) is 11.7. The first-order valence-electron chi connectivity index (χ1n) is 6.95. The molecular formula is C17H20ClNO. The molecule has 0 amide bonds. The highest BCUT2D eigenvalue weighted by atomic mass is 35.5. The second-order valence-electron chi connectivity index (χ2n) is 4.61. The van der Waals surface area contributed by atoms with Crippen molar-refractivity contribution in [3.63, 3.8) is 0 Å². The molecule has 0 saturated heterocycles. The van der Waals surface area contributed by atoms with Crippen molar-refractivity contribution in [3.8, 4) is 5.75 Å². The van der Waals surface area contributed by atoms with Gasteiger partial charge in [0.25, 0.3) is 0 Å². The Morgan fingerprint density at radius 3 is 2.50 bits per heavy atom. The highest BCUT2D eigenvalue weighted by Gasteiger charge is 1.98. The predicted molar refractivity (Wildman–Crippen MR) is 84.5 cm³/mol. The van der Waals surface area contributed by atoms with Gasteiger partial charge in [0.2, 0.25) is 0 Å². The molecule has 2 nitrogen and oxygen atoms in total. The normalized spacial score (nSPS) is 10.5. The van der Waals surface area contributed by atoms with Gasteiger partial charge in [-0.25, -0.2) is 0 Å². The molecule has 1 N–H and O–H groups in total. The topological polar surface area (TPSA) is 21.3 Å². The van der Waals surface area contributed by atoms with E-state index in [-0.39, 0.29) is 0 Å². The van der Waals surface area contributed by atoms with Crippen LogP contribution in [0.2, 0.25) is 5.02 Å². The van der Waals surface area contributed by atoms with Crippen molar-refractivity contribution >= 4 is 11.6 Å². The average Bonchev–Trinajstić information content (AvgIpc) is 2.49. The van der Waals surface area contributed by atoms with Crippen LogP contribution in [0.5, 0.6) is 5.75 Å². The van der Waals surface area contributed by atoms with Crippen LogP contribution >= 0.6 is 11.6 Å². The van der Waals surface area contributed by atoms with Gasteiger partial charge in [-0.05, 0) is 35.7 Å². The Bertz CT molecular complexity index is 525. The number of ether oxygens (including phenoxy) is 1. The van der Waals surface area contributed by atoms with E-state index in [0.29, 0.717) is 6.61 Å². The smallest absolute Gasteiger partial charge is 0.119 e. The van der Waals surface area contributed by atoms with Gasteiger partial charge in [-0.3, -0.25) is 0 Å². The van der Waals surface area contributed by atoms with Crippen molar-refractivity contribution in [3.05, 3.63) is 64.7 Å². The summed E-state index contributed by atoms with van der Waals surface area (Å²) in [7, 11) is 0. The van der Waals surface area contributed by atoms with Crippen LogP contribution in [0.25, 0.3) is 0 Å². The molecule has 20 heavy (non-hydrogen) atoms. The Morgan fingerprint density at radius 1 is 1.05 bits per heavy atom. The molecular weight excluding hydrogens is 270 g/mol. The summed E-state index contributed by atoms with van der Waals surface area (Å²) in [6.45, 7) is 4.35. The Morgan fingerprint density at radius 2 is 1.80 bits per heavy atom. The summed E-state index contributed by atoms with van der Waals surface area (Å²) >= 11 is 6.09. The van der Waals surface area contributed by atoms with Crippen LogP contribution in [-0.2, 0) is 13.0 Å². The quantitative estimate of drug-likeness (QED) is 0.776. The van der Waals surface area contributed by atoms with Gasteiger partial charge in [-0.2, -0.15) is 0 Å². The molecule has 0 bridgehead atoms. The van der Waals surface area contributed by atoms with Gasteiger partial charge < -0.3 is 10.1 Å². The molecule has 0 radical (unpaired) electrons. The maximum atomic E-state index is 6.09. The lowest BCUT2D eigenvalue weighted by atomic mass is 10.2. The van der Waals surface area contributed by atoms with E-state index in [2.05, 4.69) is 24.4 Å². The molecule has 0 unspecified atom stereocenters. The minimum absolute atomic E-state index is 0.649. The third kappa shape index (κ3) is 4.55. The first-order valence-corrected chi connectivity index (χ1v) is 7.33. The highest BCUT2D eigenvalue weighted by Crippen LogP contribution is 2.14. The number of benzene rings is 2. The van der Waals surface area contributed by atoms with E-state index < -0.39 is 0 Å². The Labute approximate surface area is 125 Å². The molecule has 0 saturated carbocycles. The Hall–Kier alpha value is -1.51. The Kier molecular flexibility index (Phi) is 5.90. The van der Waals surface area contributed by atoms with E-state index in [9.17, 15) is 0 Å². The summed E-state index contributed by atoms with van der Waals surface area (Å²) in [6, 6.07) is 16.1. The second kappa shape index (κ2) is 7.93. The summed E-state index contributed by atoms with van der Waals surface area (Å²) < 4.78 is 5.68. The molecule has 106 valence electrons. The lowest BCUT2D eigenvalue weighted by Gasteiger charge is -2.09. The van der Waals surface area contributed by atoms with Crippen LogP contribution in [0, 0.1) is 0 Å². The van der Waals surface area contributed by atoms with Crippen LogP contribution < -0.4 is 10.1 Å². The van der Waals surface area contributed by atoms with Crippen LogP contribution in [0.1, 0.15) is 18.1 Å². The number of nitrogens with one attached hydrogen (secondary N) is 1. The van der Waals surface area contributed by atoms with E-state index in [0.717, 1.165) is 35.8 Å². The maximum absolute atomic E-state index is 6.09. The van der Waals surface area contributed by atoms with Gasteiger partial charge in [-0.1, -0.05) is 48.9 Å². The number of rotatable bonds is 7. The zero-order valence-corrected chi connectivity index (χ0v) is 12.5. The summed E-state index contributed by atoms with van der Waals surface area (Å²) in [5.74, 6) is 0.918. The minimum atomic E-state index is 0.649. The molecule has 0 atom stereocenters. The summed E-state index contributed by atoms with van der Waals surface area (Å²) in [6.07, 6.45) is 1.06. The molecule has 2 aromatic rings. The van der Waals surface area contributed by atoms with E-state index in [1.807, 2.05) is 36.4 Å². The average molecular weight is 290 g/mol. The van der Waals surface area contributed by atoms with Crippen LogP contribution in [-0.4, -0.2) is 13.2 Å². The summed E-state index contributed by atoms with van der Waals surface area (Å²) in [5, 5.41) is 4.13. The van der Waals surface area contributed by atoms with E-state index in [4.69, 9.17) is 16.3 Å². The van der Waals surface area contributed by atoms with E-state index in [1.54, 1.807) is 0 Å². The number of halogens is 1. The minimum Gasteiger partial charge on any atom is -0.492 e. The lowest BCUT2D eigenvalue weighted by Crippen LogP contribution is -2.20. The third-order valence-electron chi connectivity index (χ3n) is 3.15. The van der Waals surface area contributed by atoms with Gasteiger partial charge in [-0.15, -0.1) is 0 Å². The van der Waals surface area contributed by atoms with Gasteiger partial charge in [0.15, 0.2) is 0 Å². The SMILES string of the molecule is CCc1ccc(OCCNCc2ccccc2Cl)cc1. The number of hydrogen-bond acceptors (Lipinski definition) is 2. The molecule has 0 aliphatic rings. The first-order chi connectivity index (χ1) is 9.79. The zero-order chi connectivity index (χ0) is 14.2. The molecule has 0 aliphatic carbocycles. The van der Waals surface area contributed by atoms with Crippen molar-refractivity contribution in [2.45, 2.75) is 19.9 Å². The van der Waals surface area contributed by atoms with Crippen molar-refractivity contribution in [1.29, 1.82) is 0 Å². The predicted octanol–water partition coefficient (Wildman–Crippen LogP) is 4.07. The number of hydrogen-bond donors (Lipinski definition) is 1. The monoisotopic (exact) mass is 289 g/mol. The maximum Gasteiger partial charge on any atom is 0.119 e. The molecule has 0 aliphatic heterocycles. The third-order valence-corrected chi connectivity index (χ3v) is 3.52. The molecule has 0 spiro atoms. The molecule has 2 aromatic carbocycles. The molecule has 0 aromatic heterocycles. The van der Waals surface area contributed by atoms with Crippen LogP contribution in [0.15, 0.2) is 48.5 Å². The van der Waals surface area contributed by atoms with Gasteiger partial charge in [0.05, 0.1) is 0 Å². The first kappa shape index (κ1) is 14.9. The van der Waals surface area contributed by atoms with E-state index in [1.165, 1.54) is 5.56 Å². The standard InChI is InChI=1S/C17H20ClNO/c1-2-14-7-9-16(10-8-14)20-12-11-19-13-15-5-3-4-6-17(15)18/h3-10,19H,2,11-13H2,1H3. The second-order valence-corrected chi connectivity index (χ2v) is 5.02. The number of aryl methyl sites for hydroxylation is 1. The fraction of sp³-hybridized carbons (Fsp3) is 0.294. The van der Waals surface area contributed by atoms with Crippen LogP contribution in [0.3, 0.4) is 0 Å². The highest BCUT2D eigenvalue weighted by molar-refractivity contribution is 6.31. The van der Waals surface area contributed by atoms with Gasteiger partial charge >= 0.3 is 0 Å². The van der Waals surface area contributed by atoms with Gasteiger partial charge in [0, 0.05) is 18.1 Å². The van der Waals surface area contributed by atoms with Crippen molar-refractivity contribution in [2.75, 3.05) is 13.2 Å². The van der Waals surface area contributed by atoms with Crippen molar-refractivity contribution in [1.82, 2.24) is 5.32 Å². The van der Waals surface area contributed by atoms with Crippen LogP contribution in [0.4, 0.5) is 0 Å². The molecule has 0 heterocycles. The van der Waals surface area contributed by atoms with Gasteiger partial charge in [0.1, 0.15) is 12.4 Å². The molecule has 3 heteroatoms. The summed E-state index contributed by atoms with van der Waals surface area (Å²) in [5.41, 5.74) is 2.44. The van der Waals surface area contributed by atoms with Crippen molar-refractivity contribution < 1.29 is 4.74 Å². The largest absolute Gasteiger partial charge is 0.492 e. The lowest BCUT2D eigenvalue weighted by molar-refractivity contribution is 0.313.